The summed E-state index contributed by atoms with van der Waals surface area (Å²) in [5.41, 5.74) is 13.2. The Morgan fingerprint density at radius 3 is 1.69 bits per heavy atom. The first kappa shape index (κ1) is 23.2. The highest BCUT2D eigenvalue weighted by molar-refractivity contribution is 6.33. The SMILES string of the molecule is CCOc1ccc(C2/C(=N\Nc3ccccc3)c3ccccc3/C2=N/Nc2ccccc2)cc1OC. The fourth-order valence-corrected chi connectivity index (χ4v) is 4.35. The molecule has 2 N–H and O–H groups in total. The number of methoxy groups -OCH3 is 1. The van der Waals surface area contributed by atoms with Gasteiger partial charge in [-0.05, 0) is 48.9 Å². The van der Waals surface area contributed by atoms with Gasteiger partial charge >= 0.3 is 0 Å². The van der Waals surface area contributed by atoms with Crippen LogP contribution in [0.5, 0.6) is 11.5 Å². The van der Waals surface area contributed by atoms with Gasteiger partial charge in [-0.15, -0.1) is 0 Å². The van der Waals surface area contributed by atoms with Crippen LogP contribution in [0.1, 0.15) is 29.5 Å². The van der Waals surface area contributed by atoms with Crippen molar-refractivity contribution in [2.24, 2.45) is 10.2 Å². The number of hydrogen-bond acceptors (Lipinski definition) is 6. The molecule has 36 heavy (non-hydrogen) atoms. The zero-order valence-corrected chi connectivity index (χ0v) is 20.3. The molecule has 4 aromatic rings. The number of hydrazone groups is 2. The number of para-hydroxylation sites is 2. The van der Waals surface area contributed by atoms with E-state index in [0.29, 0.717) is 18.1 Å². The van der Waals surface area contributed by atoms with Crippen molar-refractivity contribution in [3.63, 3.8) is 0 Å². The molecule has 0 saturated carbocycles. The van der Waals surface area contributed by atoms with E-state index in [0.717, 1.165) is 39.5 Å². The molecule has 5 rings (SSSR count). The third-order valence-electron chi connectivity index (χ3n) is 6.01. The standard InChI is InChI=1S/C30H28N4O2/c1-3-36-26-19-18-21(20-27(26)35-2)28-29(33-31-22-12-6-4-7-13-22)24-16-10-11-17-25(24)30(28)34-32-23-14-8-5-9-15-23/h4-20,28,31-32H,3H2,1-2H3/b33-29-,34-30-. The number of anilines is 2. The minimum absolute atomic E-state index is 0.223. The summed E-state index contributed by atoms with van der Waals surface area (Å²) >= 11 is 0. The van der Waals surface area contributed by atoms with Crippen LogP contribution in [0.15, 0.2) is 113 Å². The number of rotatable bonds is 8. The normalized spacial score (nSPS) is 16.6. The van der Waals surface area contributed by atoms with Gasteiger partial charge in [-0.2, -0.15) is 10.2 Å². The van der Waals surface area contributed by atoms with E-state index in [1.54, 1.807) is 7.11 Å². The maximum Gasteiger partial charge on any atom is 0.161 e. The van der Waals surface area contributed by atoms with E-state index in [1.165, 1.54) is 0 Å². The summed E-state index contributed by atoms with van der Waals surface area (Å²) in [4.78, 5) is 0. The van der Waals surface area contributed by atoms with Crippen molar-refractivity contribution in [1.82, 2.24) is 0 Å². The fourth-order valence-electron chi connectivity index (χ4n) is 4.35. The van der Waals surface area contributed by atoms with Crippen LogP contribution in [0.4, 0.5) is 11.4 Å². The smallest absolute Gasteiger partial charge is 0.161 e. The van der Waals surface area contributed by atoms with Gasteiger partial charge in [0.05, 0.1) is 42.4 Å². The third-order valence-corrected chi connectivity index (χ3v) is 6.01. The average molecular weight is 477 g/mol. The highest BCUT2D eigenvalue weighted by Gasteiger charge is 2.37. The summed E-state index contributed by atoms with van der Waals surface area (Å²) in [7, 11) is 1.66. The van der Waals surface area contributed by atoms with Gasteiger partial charge in [0.2, 0.25) is 0 Å². The second-order valence-corrected chi connectivity index (χ2v) is 8.27. The Morgan fingerprint density at radius 1 is 0.667 bits per heavy atom. The quantitative estimate of drug-likeness (QED) is 0.284. The van der Waals surface area contributed by atoms with Crippen molar-refractivity contribution < 1.29 is 9.47 Å². The Morgan fingerprint density at radius 2 is 1.19 bits per heavy atom. The molecular formula is C30H28N4O2. The van der Waals surface area contributed by atoms with Crippen LogP contribution in [0, 0.1) is 0 Å². The minimum Gasteiger partial charge on any atom is -0.493 e. The van der Waals surface area contributed by atoms with Gasteiger partial charge in [0.15, 0.2) is 11.5 Å². The van der Waals surface area contributed by atoms with Gasteiger partial charge in [-0.25, -0.2) is 0 Å². The van der Waals surface area contributed by atoms with E-state index in [1.807, 2.05) is 91.9 Å². The van der Waals surface area contributed by atoms with Crippen LogP contribution in [0.2, 0.25) is 0 Å². The Balaban J connectivity index is 1.63. The van der Waals surface area contributed by atoms with Crippen molar-refractivity contribution in [3.05, 3.63) is 120 Å². The Labute approximate surface area is 211 Å². The molecule has 6 nitrogen and oxygen atoms in total. The number of fused-ring (bicyclic) bond motifs is 1. The Hall–Kier alpha value is -4.58. The van der Waals surface area contributed by atoms with E-state index < -0.39 is 0 Å². The molecular weight excluding hydrogens is 448 g/mol. The molecule has 0 aromatic heterocycles. The fraction of sp³-hybridized carbons (Fsp3) is 0.133. The van der Waals surface area contributed by atoms with Crippen LogP contribution >= 0.6 is 0 Å². The number of nitrogens with one attached hydrogen (secondary N) is 2. The second kappa shape index (κ2) is 10.8. The number of nitrogens with zero attached hydrogens (tertiary/aromatic N) is 2. The lowest BCUT2D eigenvalue weighted by Gasteiger charge is -2.17. The first-order chi connectivity index (χ1) is 17.8. The van der Waals surface area contributed by atoms with Crippen molar-refractivity contribution in [2.45, 2.75) is 12.8 Å². The summed E-state index contributed by atoms with van der Waals surface area (Å²) in [6.45, 7) is 2.52. The number of benzene rings is 4. The molecule has 0 unspecified atom stereocenters. The molecule has 6 heteroatoms. The van der Waals surface area contributed by atoms with Crippen LogP contribution in [-0.4, -0.2) is 25.1 Å². The van der Waals surface area contributed by atoms with Crippen LogP contribution < -0.4 is 20.3 Å². The van der Waals surface area contributed by atoms with Crippen molar-refractivity contribution in [3.8, 4) is 11.5 Å². The lowest BCUT2D eigenvalue weighted by atomic mass is 9.92. The van der Waals surface area contributed by atoms with E-state index in [2.05, 4.69) is 29.1 Å². The summed E-state index contributed by atoms with van der Waals surface area (Å²) in [6.07, 6.45) is 0. The van der Waals surface area contributed by atoms with E-state index >= 15 is 0 Å². The van der Waals surface area contributed by atoms with Crippen LogP contribution in [-0.2, 0) is 0 Å². The van der Waals surface area contributed by atoms with E-state index in [-0.39, 0.29) is 5.92 Å². The number of hydrogen-bond donors (Lipinski definition) is 2. The Kier molecular flexibility index (Phi) is 6.94. The van der Waals surface area contributed by atoms with Gasteiger partial charge < -0.3 is 9.47 Å². The highest BCUT2D eigenvalue weighted by atomic mass is 16.5. The third kappa shape index (κ3) is 4.79. The minimum atomic E-state index is -0.223. The maximum absolute atomic E-state index is 5.76. The first-order valence-corrected chi connectivity index (χ1v) is 12.0. The van der Waals surface area contributed by atoms with E-state index in [9.17, 15) is 0 Å². The average Bonchev–Trinajstić information content (AvgIpc) is 3.25. The monoisotopic (exact) mass is 476 g/mol. The molecule has 1 aliphatic rings. The zero-order valence-electron chi connectivity index (χ0n) is 20.3. The molecule has 1 aliphatic carbocycles. The lowest BCUT2D eigenvalue weighted by Crippen LogP contribution is -2.17. The predicted molar refractivity (Wildman–Crippen MR) is 147 cm³/mol. The topological polar surface area (TPSA) is 67.2 Å². The summed E-state index contributed by atoms with van der Waals surface area (Å²) in [5, 5.41) is 9.80. The van der Waals surface area contributed by atoms with Crippen molar-refractivity contribution in [2.75, 3.05) is 24.6 Å². The maximum atomic E-state index is 5.76. The molecule has 0 amide bonds. The Bertz CT molecular complexity index is 1310. The molecule has 0 radical (unpaired) electrons. The molecule has 0 bridgehead atoms. The first-order valence-electron chi connectivity index (χ1n) is 12.0. The molecule has 0 aliphatic heterocycles. The highest BCUT2D eigenvalue weighted by Crippen LogP contribution is 2.39. The van der Waals surface area contributed by atoms with Crippen LogP contribution in [0.25, 0.3) is 0 Å². The van der Waals surface area contributed by atoms with Crippen molar-refractivity contribution in [1.29, 1.82) is 0 Å². The van der Waals surface area contributed by atoms with Gasteiger partial charge in [0.25, 0.3) is 0 Å². The second-order valence-electron chi connectivity index (χ2n) is 8.27. The van der Waals surface area contributed by atoms with Gasteiger partial charge in [-0.1, -0.05) is 66.7 Å². The summed E-state index contributed by atoms with van der Waals surface area (Å²) in [6, 6.07) is 34.1. The van der Waals surface area contributed by atoms with E-state index in [4.69, 9.17) is 19.7 Å². The predicted octanol–water partition coefficient (Wildman–Crippen LogP) is 6.52. The largest absolute Gasteiger partial charge is 0.493 e. The van der Waals surface area contributed by atoms with Crippen LogP contribution in [0.3, 0.4) is 0 Å². The van der Waals surface area contributed by atoms with Gasteiger partial charge in [-0.3, -0.25) is 10.9 Å². The molecule has 0 fully saturated rings. The molecule has 0 heterocycles. The molecule has 0 atom stereocenters. The molecule has 4 aromatic carbocycles. The van der Waals surface area contributed by atoms with Gasteiger partial charge in [0, 0.05) is 11.1 Å². The molecule has 180 valence electrons. The number of ether oxygens (including phenoxy) is 2. The van der Waals surface area contributed by atoms with Gasteiger partial charge in [0.1, 0.15) is 0 Å². The molecule has 0 saturated heterocycles. The zero-order chi connectivity index (χ0) is 24.7. The lowest BCUT2D eigenvalue weighted by molar-refractivity contribution is 0.310. The van der Waals surface area contributed by atoms with Crippen molar-refractivity contribution >= 4 is 22.8 Å². The summed E-state index contributed by atoms with van der Waals surface area (Å²) < 4.78 is 11.4. The summed E-state index contributed by atoms with van der Waals surface area (Å²) in [5.74, 6) is 1.16. The molecule has 0 spiro atoms.